The predicted molar refractivity (Wildman–Crippen MR) is 208 cm³/mol. The standard InChI is InChI=1S/C47H33N3/c1-47(2)42-27-33-18-10-9-17-32(33)26-41(42)39-21-22-40-38-19-11-12-20-43(38)50(45(40)44(39)47)46-48-28-37(29-49-46)36-24-34(30-13-5-3-6-14-30)23-35(25-36)31-15-7-4-8-16-31/h3-29H,1-2H3. The molecule has 50 heavy (non-hydrogen) atoms. The lowest BCUT2D eigenvalue weighted by Gasteiger charge is -2.23. The summed E-state index contributed by atoms with van der Waals surface area (Å²) in [6.07, 6.45) is 3.97. The highest BCUT2D eigenvalue weighted by atomic mass is 15.2. The van der Waals surface area contributed by atoms with Gasteiger partial charge in [0.2, 0.25) is 5.95 Å². The molecule has 3 heteroatoms. The highest BCUT2D eigenvalue weighted by molar-refractivity contribution is 6.13. The molecule has 9 aromatic rings. The van der Waals surface area contributed by atoms with E-state index in [2.05, 4.69) is 170 Å². The van der Waals surface area contributed by atoms with E-state index in [0.29, 0.717) is 5.95 Å². The monoisotopic (exact) mass is 639 g/mol. The van der Waals surface area contributed by atoms with E-state index in [0.717, 1.165) is 16.6 Å². The van der Waals surface area contributed by atoms with Gasteiger partial charge in [-0.05, 0) is 97.2 Å². The zero-order valence-electron chi connectivity index (χ0n) is 27.9. The number of hydrogen-bond acceptors (Lipinski definition) is 2. The van der Waals surface area contributed by atoms with Crippen molar-refractivity contribution >= 4 is 32.6 Å². The van der Waals surface area contributed by atoms with Gasteiger partial charge in [-0.3, -0.25) is 4.57 Å². The molecule has 0 bridgehead atoms. The average Bonchev–Trinajstić information content (AvgIpc) is 3.62. The summed E-state index contributed by atoms with van der Waals surface area (Å²) in [5, 5.41) is 4.97. The second-order valence-electron chi connectivity index (χ2n) is 13.9. The number of hydrogen-bond donors (Lipinski definition) is 0. The van der Waals surface area contributed by atoms with Crippen molar-refractivity contribution in [2.45, 2.75) is 19.3 Å². The number of para-hydroxylation sites is 1. The van der Waals surface area contributed by atoms with Crippen LogP contribution in [0.3, 0.4) is 0 Å². The van der Waals surface area contributed by atoms with E-state index in [1.165, 1.54) is 71.6 Å². The normalized spacial score (nSPS) is 13.2. The van der Waals surface area contributed by atoms with Crippen molar-refractivity contribution < 1.29 is 0 Å². The highest BCUT2D eigenvalue weighted by Crippen LogP contribution is 2.53. The summed E-state index contributed by atoms with van der Waals surface area (Å²) in [7, 11) is 0. The first-order valence-corrected chi connectivity index (χ1v) is 17.2. The smallest absolute Gasteiger partial charge is 0.234 e. The number of benzene rings is 7. The summed E-state index contributed by atoms with van der Waals surface area (Å²) in [5.74, 6) is 0.674. The van der Waals surface area contributed by atoms with Gasteiger partial charge in [-0.1, -0.05) is 129 Å². The van der Waals surface area contributed by atoms with Crippen molar-refractivity contribution in [3.8, 4) is 50.5 Å². The molecule has 236 valence electrons. The molecule has 0 spiro atoms. The van der Waals surface area contributed by atoms with Gasteiger partial charge in [-0.2, -0.15) is 0 Å². The first-order valence-electron chi connectivity index (χ1n) is 17.2. The van der Waals surface area contributed by atoms with Gasteiger partial charge in [0.15, 0.2) is 0 Å². The third-order valence-corrected chi connectivity index (χ3v) is 10.6. The molecule has 10 rings (SSSR count). The molecule has 1 aliphatic carbocycles. The third kappa shape index (κ3) is 4.30. The van der Waals surface area contributed by atoms with Gasteiger partial charge in [-0.25, -0.2) is 9.97 Å². The zero-order valence-corrected chi connectivity index (χ0v) is 27.9. The Morgan fingerprint density at radius 1 is 0.460 bits per heavy atom. The lowest BCUT2D eigenvalue weighted by atomic mass is 9.81. The molecule has 0 aliphatic heterocycles. The van der Waals surface area contributed by atoms with Crippen molar-refractivity contribution in [2.75, 3.05) is 0 Å². The summed E-state index contributed by atoms with van der Waals surface area (Å²) in [6.45, 7) is 4.73. The van der Waals surface area contributed by atoms with Gasteiger partial charge in [0, 0.05) is 34.1 Å². The van der Waals surface area contributed by atoms with Crippen LogP contribution in [0.25, 0.3) is 83.0 Å². The van der Waals surface area contributed by atoms with Gasteiger partial charge in [0.25, 0.3) is 0 Å². The third-order valence-electron chi connectivity index (χ3n) is 10.6. The van der Waals surface area contributed by atoms with Crippen molar-refractivity contribution in [1.82, 2.24) is 14.5 Å². The van der Waals surface area contributed by atoms with Crippen LogP contribution in [0, 0.1) is 0 Å². The Labute approximate surface area is 291 Å². The molecule has 0 saturated heterocycles. The Bertz CT molecular complexity index is 2700. The van der Waals surface area contributed by atoms with E-state index in [-0.39, 0.29) is 5.41 Å². The van der Waals surface area contributed by atoms with Crippen LogP contribution in [0.2, 0.25) is 0 Å². The summed E-state index contributed by atoms with van der Waals surface area (Å²) in [5.41, 5.74) is 14.1. The first kappa shape index (κ1) is 28.7. The molecular formula is C47H33N3. The fourth-order valence-corrected chi connectivity index (χ4v) is 8.21. The Morgan fingerprint density at radius 2 is 1.02 bits per heavy atom. The molecule has 7 aromatic carbocycles. The Hall–Kier alpha value is -6.32. The molecule has 1 aliphatic rings. The topological polar surface area (TPSA) is 30.7 Å². The van der Waals surface area contributed by atoms with Crippen LogP contribution in [0.1, 0.15) is 25.0 Å². The van der Waals surface area contributed by atoms with E-state index < -0.39 is 0 Å². The van der Waals surface area contributed by atoms with E-state index in [1.54, 1.807) is 0 Å². The zero-order chi connectivity index (χ0) is 33.4. The van der Waals surface area contributed by atoms with Crippen LogP contribution in [-0.2, 0) is 5.41 Å². The van der Waals surface area contributed by atoms with Crippen LogP contribution in [-0.4, -0.2) is 14.5 Å². The number of fused-ring (bicyclic) bond motifs is 8. The maximum atomic E-state index is 5.12. The fraction of sp³-hybridized carbons (Fsp3) is 0.0638. The predicted octanol–water partition coefficient (Wildman–Crippen LogP) is 12.0. The first-order chi connectivity index (χ1) is 24.5. The molecule has 2 heterocycles. The molecule has 0 fully saturated rings. The molecule has 0 radical (unpaired) electrons. The second-order valence-corrected chi connectivity index (χ2v) is 13.9. The Morgan fingerprint density at radius 3 is 1.68 bits per heavy atom. The van der Waals surface area contributed by atoms with Crippen molar-refractivity contribution in [3.05, 3.63) is 175 Å². The molecular weight excluding hydrogens is 607 g/mol. The summed E-state index contributed by atoms with van der Waals surface area (Å²) in [6, 6.07) is 54.6. The minimum Gasteiger partial charge on any atom is -0.278 e. The van der Waals surface area contributed by atoms with E-state index >= 15 is 0 Å². The maximum absolute atomic E-state index is 5.12. The van der Waals surface area contributed by atoms with Crippen LogP contribution in [0.4, 0.5) is 0 Å². The average molecular weight is 640 g/mol. The molecule has 3 nitrogen and oxygen atoms in total. The lowest BCUT2D eigenvalue weighted by molar-refractivity contribution is 0.664. The Kier molecular flexibility index (Phi) is 6.22. The molecule has 0 amide bonds. The van der Waals surface area contributed by atoms with Gasteiger partial charge in [-0.15, -0.1) is 0 Å². The van der Waals surface area contributed by atoms with E-state index in [9.17, 15) is 0 Å². The highest BCUT2D eigenvalue weighted by Gasteiger charge is 2.39. The quantitative estimate of drug-likeness (QED) is 0.192. The molecule has 0 atom stereocenters. The van der Waals surface area contributed by atoms with Crippen molar-refractivity contribution in [3.63, 3.8) is 0 Å². The van der Waals surface area contributed by atoms with Crippen molar-refractivity contribution in [1.29, 1.82) is 0 Å². The largest absolute Gasteiger partial charge is 0.278 e. The minimum atomic E-state index is -0.216. The lowest BCUT2D eigenvalue weighted by Crippen LogP contribution is -2.17. The van der Waals surface area contributed by atoms with Crippen LogP contribution >= 0.6 is 0 Å². The Balaban J connectivity index is 1.16. The fourth-order valence-electron chi connectivity index (χ4n) is 8.21. The molecule has 0 unspecified atom stereocenters. The van der Waals surface area contributed by atoms with Gasteiger partial charge in [0.05, 0.1) is 11.0 Å². The van der Waals surface area contributed by atoms with E-state index in [1.807, 2.05) is 12.4 Å². The SMILES string of the molecule is CC1(C)c2cc3ccccc3cc2-c2ccc3c4ccccc4n(-c4ncc(-c5cc(-c6ccccc6)cc(-c6ccccc6)c5)cn4)c3c21. The molecule has 0 N–H and O–H groups in total. The maximum Gasteiger partial charge on any atom is 0.234 e. The summed E-state index contributed by atoms with van der Waals surface area (Å²) >= 11 is 0. The van der Waals surface area contributed by atoms with Crippen LogP contribution in [0.15, 0.2) is 164 Å². The number of rotatable bonds is 4. The van der Waals surface area contributed by atoms with Gasteiger partial charge >= 0.3 is 0 Å². The number of nitrogens with zero attached hydrogens (tertiary/aromatic N) is 3. The van der Waals surface area contributed by atoms with Gasteiger partial charge < -0.3 is 0 Å². The van der Waals surface area contributed by atoms with Crippen LogP contribution < -0.4 is 0 Å². The van der Waals surface area contributed by atoms with E-state index in [4.69, 9.17) is 9.97 Å². The minimum absolute atomic E-state index is 0.216. The molecule has 2 aromatic heterocycles. The summed E-state index contributed by atoms with van der Waals surface area (Å²) < 4.78 is 2.29. The number of aromatic nitrogens is 3. The second kappa shape index (κ2) is 10.8. The molecule has 0 saturated carbocycles. The van der Waals surface area contributed by atoms with Crippen molar-refractivity contribution in [2.24, 2.45) is 0 Å². The summed E-state index contributed by atoms with van der Waals surface area (Å²) in [4.78, 5) is 10.2. The van der Waals surface area contributed by atoms with Crippen LogP contribution in [0.5, 0.6) is 0 Å². The van der Waals surface area contributed by atoms with Gasteiger partial charge in [0.1, 0.15) is 0 Å².